The molecule has 3 rings (SSSR count). The molecule has 2 aromatic rings. The van der Waals surface area contributed by atoms with Crippen molar-refractivity contribution < 1.29 is 14.6 Å². The lowest BCUT2D eigenvalue weighted by Gasteiger charge is -2.30. The molecule has 30 heavy (non-hydrogen) atoms. The molecule has 4 nitrogen and oxygen atoms in total. The molecule has 1 atom stereocenters. The average Bonchev–Trinajstić information content (AvgIpc) is 2.96. The molecule has 1 unspecified atom stereocenters. The van der Waals surface area contributed by atoms with Gasteiger partial charge in [-0.3, -0.25) is 4.98 Å². The van der Waals surface area contributed by atoms with Gasteiger partial charge in [0.05, 0.1) is 16.2 Å². The van der Waals surface area contributed by atoms with Crippen molar-refractivity contribution in [2.75, 3.05) is 0 Å². The fraction of sp³-hybridized carbons (Fsp3) is 0.520. The Kier molecular flexibility index (Phi) is 6.26. The van der Waals surface area contributed by atoms with Crippen molar-refractivity contribution in [1.82, 2.24) is 4.98 Å². The van der Waals surface area contributed by atoms with Gasteiger partial charge in [-0.15, -0.1) is 11.3 Å². The molecule has 0 saturated heterocycles. The van der Waals surface area contributed by atoms with Crippen molar-refractivity contribution in [3.63, 3.8) is 0 Å². The van der Waals surface area contributed by atoms with Gasteiger partial charge in [0.2, 0.25) is 0 Å². The molecule has 0 fully saturated rings. The van der Waals surface area contributed by atoms with Gasteiger partial charge in [-0.1, -0.05) is 19.9 Å². The van der Waals surface area contributed by atoms with Crippen LogP contribution < -0.4 is 0 Å². The summed E-state index contributed by atoms with van der Waals surface area (Å²) in [5, 5.41) is 10.1. The highest BCUT2D eigenvalue weighted by atomic mass is 32.1. The minimum Gasteiger partial charge on any atom is -0.479 e. The minimum atomic E-state index is -1.01. The lowest BCUT2D eigenvalue weighted by molar-refractivity contribution is -0.160. The standard InChI is InChI=1S/C25H33NO3S/c1-15-10-13-26-18(14-15)22-20(17-8-11-25(6,7)12-9-17)19(16(2)30-22)21(23(27)28)29-24(3,4)5/h8,10,13-14,21H,9,11-12H2,1-7H3,(H,27,28). The molecule has 1 N–H and O–H groups in total. The number of aliphatic carboxylic acids is 1. The zero-order chi connectivity index (χ0) is 22.3. The topological polar surface area (TPSA) is 59.4 Å². The number of aromatic nitrogens is 1. The van der Waals surface area contributed by atoms with Crippen molar-refractivity contribution in [3.8, 4) is 10.6 Å². The maximum Gasteiger partial charge on any atom is 0.337 e. The number of allylic oxidation sites excluding steroid dienone is 2. The van der Waals surface area contributed by atoms with Crippen LogP contribution in [0, 0.1) is 19.3 Å². The summed E-state index contributed by atoms with van der Waals surface area (Å²) in [6.07, 6.45) is 6.09. The number of aryl methyl sites for hydroxylation is 2. The Morgan fingerprint density at radius 1 is 1.30 bits per heavy atom. The van der Waals surface area contributed by atoms with Crippen LogP contribution in [0.2, 0.25) is 0 Å². The van der Waals surface area contributed by atoms with Gasteiger partial charge in [0.25, 0.3) is 0 Å². The fourth-order valence-electron chi connectivity index (χ4n) is 3.92. The molecule has 162 valence electrons. The van der Waals surface area contributed by atoms with Crippen molar-refractivity contribution >= 4 is 22.9 Å². The molecule has 0 spiro atoms. The van der Waals surface area contributed by atoms with E-state index < -0.39 is 17.7 Å². The maximum atomic E-state index is 12.3. The Bertz CT molecular complexity index is 979. The molecule has 2 heterocycles. The van der Waals surface area contributed by atoms with Gasteiger partial charge in [0.15, 0.2) is 6.10 Å². The second-order valence-electron chi connectivity index (χ2n) is 10.0. The van der Waals surface area contributed by atoms with E-state index in [1.165, 1.54) is 5.57 Å². The van der Waals surface area contributed by atoms with E-state index in [4.69, 9.17) is 4.74 Å². The molecule has 2 aromatic heterocycles. The number of carboxylic acid groups (broad SMARTS) is 1. The first-order valence-corrected chi connectivity index (χ1v) is 11.4. The molecular formula is C25H33NO3S. The first-order chi connectivity index (χ1) is 13.9. The monoisotopic (exact) mass is 427 g/mol. The Hall–Kier alpha value is -1.98. The van der Waals surface area contributed by atoms with Crippen LogP contribution in [-0.4, -0.2) is 21.7 Å². The molecule has 5 heteroatoms. The summed E-state index contributed by atoms with van der Waals surface area (Å²) in [6, 6.07) is 4.06. The Morgan fingerprint density at radius 3 is 2.53 bits per heavy atom. The quantitative estimate of drug-likeness (QED) is 0.560. The van der Waals surface area contributed by atoms with Gasteiger partial charge < -0.3 is 9.84 Å². The van der Waals surface area contributed by atoms with Gasteiger partial charge in [-0.25, -0.2) is 4.79 Å². The zero-order valence-electron chi connectivity index (χ0n) is 19.1. The minimum absolute atomic E-state index is 0.268. The zero-order valence-corrected chi connectivity index (χ0v) is 19.9. The Balaban J connectivity index is 2.24. The van der Waals surface area contributed by atoms with E-state index in [1.807, 2.05) is 40.0 Å². The first-order valence-electron chi connectivity index (χ1n) is 10.5. The fourth-order valence-corrected chi connectivity index (χ4v) is 5.11. The number of thiophene rings is 1. The lowest BCUT2D eigenvalue weighted by Crippen LogP contribution is -2.28. The van der Waals surface area contributed by atoms with Gasteiger partial charge in [0, 0.05) is 22.2 Å². The Labute approximate surface area is 184 Å². The maximum absolute atomic E-state index is 12.3. The molecule has 0 aliphatic heterocycles. The number of hydrogen-bond acceptors (Lipinski definition) is 4. The molecule has 1 aliphatic rings. The van der Waals surface area contributed by atoms with Crippen LogP contribution in [0.25, 0.3) is 16.1 Å². The van der Waals surface area contributed by atoms with Crippen LogP contribution in [0.4, 0.5) is 0 Å². The molecule has 0 amide bonds. The number of rotatable bonds is 5. The van der Waals surface area contributed by atoms with E-state index in [1.54, 1.807) is 11.3 Å². The third-order valence-corrected chi connectivity index (χ3v) is 6.67. The summed E-state index contributed by atoms with van der Waals surface area (Å²) < 4.78 is 6.07. The van der Waals surface area contributed by atoms with E-state index >= 15 is 0 Å². The van der Waals surface area contributed by atoms with Crippen molar-refractivity contribution in [2.24, 2.45) is 5.41 Å². The second kappa shape index (κ2) is 8.27. The summed E-state index contributed by atoms with van der Waals surface area (Å²) in [5.74, 6) is -0.951. The van der Waals surface area contributed by atoms with Crippen LogP contribution in [0.15, 0.2) is 24.4 Å². The number of carbonyl (C=O) groups is 1. The first kappa shape index (κ1) is 22.7. The lowest BCUT2D eigenvalue weighted by atomic mass is 9.76. The number of carboxylic acids is 1. The summed E-state index contributed by atoms with van der Waals surface area (Å²) in [4.78, 5) is 19.0. The van der Waals surface area contributed by atoms with Gasteiger partial charge in [-0.05, 0) is 82.6 Å². The van der Waals surface area contributed by atoms with E-state index in [9.17, 15) is 9.90 Å². The van der Waals surface area contributed by atoms with Gasteiger partial charge >= 0.3 is 5.97 Å². The van der Waals surface area contributed by atoms with Crippen molar-refractivity contribution in [2.45, 2.75) is 79.4 Å². The van der Waals surface area contributed by atoms with E-state index in [-0.39, 0.29) is 5.41 Å². The van der Waals surface area contributed by atoms with Gasteiger partial charge in [0.1, 0.15) is 0 Å². The highest BCUT2D eigenvalue weighted by Crippen LogP contribution is 2.48. The summed E-state index contributed by atoms with van der Waals surface area (Å²) in [5.41, 5.74) is 4.75. The van der Waals surface area contributed by atoms with Crippen molar-refractivity contribution in [1.29, 1.82) is 0 Å². The van der Waals surface area contributed by atoms with E-state index in [0.717, 1.165) is 51.4 Å². The third kappa shape index (κ3) is 5.01. The number of nitrogens with zero attached hydrogens (tertiary/aromatic N) is 1. The van der Waals surface area contributed by atoms with E-state index in [0.29, 0.717) is 0 Å². The molecule has 0 radical (unpaired) electrons. The van der Waals surface area contributed by atoms with Crippen LogP contribution >= 0.6 is 11.3 Å². The smallest absolute Gasteiger partial charge is 0.337 e. The highest BCUT2D eigenvalue weighted by molar-refractivity contribution is 7.16. The number of pyridine rings is 1. The molecule has 1 aliphatic carbocycles. The third-order valence-electron chi connectivity index (χ3n) is 5.53. The average molecular weight is 428 g/mol. The van der Waals surface area contributed by atoms with Crippen LogP contribution in [-0.2, 0) is 9.53 Å². The summed E-state index contributed by atoms with van der Waals surface area (Å²) >= 11 is 1.62. The summed E-state index contributed by atoms with van der Waals surface area (Å²) in [6.45, 7) is 14.3. The SMILES string of the molecule is Cc1ccnc(-c2sc(C)c(C(OC(C)(C)C)C(=O)O)c2C2=CCC(C)(C)CC2)c1. The normalized spacial score (nSPS) is 17.5. The largest absolute Gasteiger partial charge is 0.479 e. The highest BCUT2D eigenvalue weighted by Gasteiger charge is 2.35. The van der Waals surface area contributed by atoms with Crippen molar-refractivity contribution in [3.05, 3.63) is 46.0 Å². The Morgan fingerprint density at radius 2 is 2.00 bits per heavy atom. The van der Waals surface area contributed by atoms with Crippen LogP contribution in [0.3, 0.4) is 0 Å². The predicted octanol–water partition coefficient (Wildman–Crippen LogP) is 6.96. The van der Waals surface area contributed by atoms with E-state index in [2.05, 4.69) is 37.9 Å². The van der Waals surface area contributed by atoms with Gasteiger partial charge in [-0.2, -0.15) is 0 Å². The molecule has 0 aromatic carbocycles. The number of ether oxygens (including phenoxy) is 1. The second-order valence-corrected chi connectivity index (χ2v) is 11.3. The molecule has 0 saturated carbocycles. The predicted molar refractivity (Wildman–Crippen MR) is 124 cm³/mol. The summed E-state index contributed by atoms with van der Waals surface area (Å²) in [7, 11) is 0. The van der Waals surface area contributed by atoms with Crippen LogP contribution in [0.1, 0.15) is 81.6 Å². The molecule has 0 bridgehead atoms. The number of hydrogen-bond donors (Lipinski definition) is 1. The van der Waals surface area contributed by atoms with Crippen LogP contribution in [0.5, 0.6) is 0 Å². The molecular weight excluding hydrogens is 394 g/mol.